The number of nitrogens with one attached hydrogen (secondary N) is 1. The molecule has 0 atom stereocenters. The number of alkyl halides is 2. The first kappa shape index (κ1) is 21.0. The number of ether oxygens (including phenoxy) is 1. The molecule has 8 heteroatoms. The van der Waals surface area contributed by atoms with Crippen LogP contribution in [0.25, 0.3) is 11.4 Å². The summed E-state index contributed by atoms with van der Waals surface area (Å²) in [6.45, 7) is 5.77. The van der Waals surface area contributed by atoms with Crippen LogP contribution >= 0.6 is 0 Å². The van der Waals surface area contributed by atoms with Gasteiger partial charge in [-0.05, 0) is 24.8 Å². The lowest BCUT2D eigenvalue weighted by Gasteiger charge is -2.33. The van der Waals surface area contributed by atoms with Crippen LogP contribution in [-0.4, -0.2) is 41.8 Å². The van der Waals surface area contributed by atoms with Gasteiger partial charge >= 0.3 is 6.09 Å². The molecule has 0 saturated carbocycles. The third-order valence-electron chi connectivity index (χ3n) is 4.77. The second-order valence-electron chi connectivity index (χ2n) is 7.52. The highest BCUT2D eigenvalue weighted by molar-refractivity contribution is 5.67. The van der Waals surface area contributed by atoms with E-state index in [1.165, 1.54) is 6.07 Å². The molecule has 0 radical (unpaired) electrons. The van der Waals surface area contributed by atoms with Gasteiger partial charge in [-0.2, -0.15) is 0 Å². The van der Waals surface area contributed by atoms with Gasteiger partial charge in [-0.1, -0.05) is 38.1 Å². The minimum absolute atomic E-state index is 0. The highest BCUT2D eigenvalue weighted by Crippen LogP contribution is 2.30. The molecule has 1 aliphatic rings. The molecule has 0 bridgehead atoms. The van der Waals surface area contributed by atoms with E-state index in [0.717, 1.165) is 12.8 Å². The first-order valence-corrected chi connectivity index (χ1v) is 9.82. The summed E-state index contributed by atoms with van der Waals surface area (Å²) in [5.74, 6) is 1.28. The van der Waals surface area contributed by atoms with Gasteiger partial charge in [-0.25, -0.2) is 23.5 Å². The van der Waals surface area contributed by atoms with E-state index in [0.29, 0.717) is 37.0 Å². The van der Waals surface area contributed by atoms with Crippen molar-refractivity contribution in [3.8, 4) is 11.4 Å². The van der Waals surface area contributed by atoms with E-state index in [1.807, 2.05) is 13.8 Å². The Morgan fingerprint density at radius 2 is 2.00 bits per heavy atom. The average molecular weight is 406 g/mol. The zero-order chi connectivity index (χ0) is 20.8. The summed E-state index contributed by atoms with van der Waals surface area (Å²) in [7, 11) is 0. The molecule has 3 rings (SSSR count). The van der Waals surface area contributed by atoms with Crippen LogP contribution in [0.2, 0.25) is 0 Å². The molecule has 1 aromatic carbocycles. The van der Waals surface area contributed by atoms with E-state index in [1.54, 1.807) is 30.5 Å². The van der Waals surface area contributed by atoms with Gasteiger partial charge in [0.05, 0.1) is 6.61 Å². The van der Waals surface area contributed by atoms with Crippen molar-refractivity contribution in [3.63, 3.8) is 0 Å². The van der Waals surface area contributed by atoms with Crippen LogP contribution in [-0.2, 0) is 4.74 Å². The maximum Gasteiger partial charge on any atom is 0.407 e. The predicted octanol–water partition coefficient (Wildman–Crippen LogP) is 4.68. The third-order valence-corrected chi connectivity index (χ3v) is 4.77. The molecule has 2 heterocycles. The molecule has 0 spiro atoms. The second-order valence-corrected chi connectivity index (χ2v) is 7.52. The number of alkyl carbamates (subject to hydrolysis) is 1. The summed E-state index contributed by atoms with van der Waals surface area (Å²) in [5, 5.41) is 2.90. The number of hydrogen-bond acceptors (Lipinski definition) is 5. The fourth-order valence-electron chi connectivity index (χ4n) is 3.25. The molecule has 1 aromatic heterocycles. The molecule has 1 aliphatic heterocycles. The number of hydrogen-bond donors (Lipinski definition) is 1. The van der Waals surface area contributed by atoms with Crippen molar-refractivity contribution in [1.82, 2.24) is 15.3 Å². The van der Waals surface area contributed by atoms with Crippen LogP contribution in [0.15, 0.2) is 36.5 Å². The molecule has 1 amide bonds. The van der Waals surface area contributed by atoms with Gasteiger partial charge in [0.25, 0.3) is 6.43 Å². The Morgan fingerprint density at radius 1 is 1.28 bits per heavy atom. The molecular weight excluding hydrogens is 378 g/mol. The van der Waals surface area contributed by atoms with E-state index in [2.05, 4.69) is 20.2 Å². The maximum atomic E-state index is 13.3. The fourth-order valence-corrected chi connectivity index (χ4v) is 3.25. The largest absolute Gasteiger partial charge is 0.449 e. The summed E-state index contributed by atoms with van der Waals surface area (Å²) in [6.07, 6.45) is 0.127. The van der Waals surface area contributed by atoms with E-state index < -0.39 is 6.43 Å². The molecule has 0 aliphatic carbocycles. The maximum absolute atomic E-state index is 13.3. The zero-order valence-corrected chi connectivity index (χ0v) is 16.6. The van der Waals surface area contributed by atoms with Crippen LogP contribution in [0.5, 0.6) is 0 Å². The molecule has 0 unspecified atom stereocenters. The summed E-state index contributed by atoms with van der Waals surface area (Å²) < 4.78 is 31.8. The van der Waals surface area contributed by atoms with E-state index in [4.69, 9.17) is 4.74 Å². The fraction of sp³-hybridized carbons (Fsp3) is 0.476. The Hall–Kier alpha value is -2.77. The lowest BCUT2D eigenvalue weighted by molar-refractivity contribution is 0.127. The normalized spacial score (nSPS) is 15.0. The van der Waals surface area contributed by atoms with Crippen molar-refractivity contribution >= 4 is 11.9 Å². The van der Waals surface area contributed by atoms with Gasteiger partial charge in [-0.15, -0.1) is 0 Å². The number of rotatable bonds is 6. The summed E-state index contributed by atoms with van der Waals surface area (Å²) in [5.41, 5.74) is 0.265. The van der Waals surface area contributed by atoms with Crippen molar-refractivity contribution in [2.45, 2.75) is 39.2 Å². The summed E-state index contributed by atoms with van der Waals surface area (Å²) >= 11 is 0. The topological polar surface area (TPSA) is 67.3 Å². The van der Waals surface area contributed by atoms with Crippen LogP contribution in [0, 0.1) is 5.92 Å². The van der Waals surface area contributed by atoms with Crippen molar-refractivity contribution in [2.75, 3.05) is 24.6 Å². The monoisotopic (exact) mass is 406 g/mol. The third kappa shape index (κ3) is 5.62. The number of carbonyl (C=O) groups excluding carboxylic acids is 1. The Bertz CT molecular complexity index is 830. The number of anilines is 1. The molecule has 6 nitrogen and oxygen atoms in total. The van der Waals surface area contributed by atoms with Crippen molar-refractivity contribution in [3.05, 3.63) is 42.1 Å². The quantitative estimate of drug-likeness (QED) is 0.755. The lowest BCUT2D eigenvalue weighted by atomic mass is 10.1. The highest BCUT2D eigenvalue weighted by atomic mass is 19.3. The number of amides is 1. The van der Waals surface area contributed by atoms with Crippen molar-refractivity contribution < 1.29 is 19.7 Å². The summed E-state index contributed by atoms with van der Waals surface area (Å²) in [4.78, 5) is 22.6. The van der Waals surface area contributed by atoms with Crippen LogP contribution in [0.1, 0.15) is 40.1 Å². The van der Waals surface area contributed by atoms with Gasteiger partial charge in [0.15, 0.2) is 5.82 Å². The number of halogens is 2. The zero-order valence-electron chi connectivity index (χ0n) is 16.6. The smallest absolute Gasteiger partial charge is 0.407 e. The highest BCUT2D eigenvalue weighted by Gasteiger charge is 2.23. The number of nitrogens with zero attached hydrogens (tertiary/aromatic N) is 3. The number of aromatic nitrogens is 2. The minimum Gasteiger partial charge on any atom is -0.449 e. The van der Waals surface area contributed by atoms with E-state index >= 15 is 0 Å². The van der Waals surface area contributed by atoms with Gasteiger partial charge < -0.3 is 15.0 Å². The number of carbonyl (C=O) groups is 1. The molecule has 1 fully saturated rings. The van der Waals surface area contributed by atoms with Crippen molar-refractivity contribution in [1.29, 1.82) is 0 Å². The predicted molar refractivity (Wildman–Crippen MR) is 109 cm³/mol. The van der Waals surface area contributed by atoms with E-state index in [-0.39, 0.29) is 24.9 Å². The van der Waals surface area contributed by atoms with Crippen LogP contribution < -0.4 is 10.2 Å². The Labute approximate surface area is 170 Å². The Kier molecular flexibility index (Phi) is 6.95. The molecule has 29 heavy (non-hydrogen) atoms. The first-order valence-electron chi connectivity index (χ1n) is 9.82. The first-order chi connectivity index (χ1) is 13.9. The van der Waals surface area contributed by atoms with Crippen LogP contribution in [0.3, 0.4) is 0 Å². The average Bonchev–Trinajstić information content (AvgIpc) is 2.73. The lowest BCUT2D eigenvalue weighted by Crippen LogP contribution is -2.45. The van der Waals surface area contributed by atoms with Gasteiger partial charge in [0.1, 0.15) is 5.82 Å². The van der Waals surface area contributed by atoms with Gasteiger partial charge in [0, 0.05) is 37.9 Å². The Balaban J connectivity index is 0.00000320. The Morgan fingerprint density at radius 3 is 2.69 bits per heavy atom. The number of piperidine rings is 1. The standard InChI is InChI=1S/C21H26F2N4O2.H2/c1-14(2)13-29-21(28)25-15-8-11-27(12-9-15)18-7-10-24-20(26-18)17-6-4-3-5-16(17)19(22)23;/h3-7,10,14-15,19H,8-9,11-13H2,1-2H3,(H,25,28);1H. The van der Waals surface area contributed by atoms with Crippen LogP contribution in [0.4, 0.5) is 19.4 Å². The molecule has 1 N–H and O–H groups in total. The van der Waals surface area contributed by atoms with Gasteiger partial charge in [-0.3, -0.25) is 0 Å². The second kappa shape index (κ2) is 9.62. The number of benzene rings is 1. The summed E-state index contributed by atoms with van der Waals surface area (Å²) in [6, 6.07) is 8.11. The molecule has 2 aromatic rings. The SMILES string of the molecule is CC(C)COC(=O)NC1CCN(c2ccnc(-c3ccccc3C(F)F)n2)CC1.[HH]. The molecular formula is C21H28F2N4O2. The van der Waals surface area contributed by atoms with E-state index in [9.17, 15) is 13.6 Å². The molecule has 1 saturated heterocycles. The van der Waals surface area contributed by atoms with Crippen molar-refractivity contribution in [2.24, 2.45) is 5.92 Å². The molecule has 158 valence electrons. The van der Waals surface area contributed by atoms with Gasteiger partial charge in [0.2, 0.25) is 0 Å². The minimum atomic E-state index is -2.59.